The summed E-state index contributed by atoms with van der Waals surface area (Å²) >= 11 is 1.38. The molecule has 10 heteroatoms. The molecule has 0 aromatic heterocycles. The molecule has 2 bridgehead atoms. The Hall–Kier alpha value is -2.48. The van der Waals surface area contributed by atoms with E-state index in [-0.39, 0.29) is 18.6 Å². The zero-order chi connectivity index (χ0) is 22.3. The van der Waals surface area contributed by atoms with Crippen molar-refractivity contribution in [3.8, 4) is 17.6 Å². The Bertz CT molecular complexity index is 1070. The summed E-state index contributed by atoms with van der Waals surface area (Å²) < 4.78 is 16.5. The van der Waals surface area contributed by atoms with Gasteiger partial charge in [-0.25, -0.2) is 0 Å². The van der Waals surface area contributed by atoms with Crippen LogP contribution in [0.25, 0.3) is 0 Å². The van der Waals surface area contributed by atoms with Gasteiger partial charge < -0.3 is 24.0 Å². The number of amides is 2. The third kappa shape index (κ3) is 2.36. The van der Waals surface area contributed by atoms with Crippen molar-refractivity contribution in [2.24, 2.45) is 5.41 Å². The maximum atomic E-state index is 13.7. The number of fused-ring (bicyclic) bond motifs is 2. The van der Waals surface area contributed by atoms with E-state index in [1.807, 2.05) is 18.2 Å². The summed E-state index contributed by atoms with van der Waals surface area (Å²) in [5.41, 5.74) is -0.155. The van der Waals surface area contributed by atoms with E-state index in [1.54, 1.807) is 23.8 Å². The number of hydrogen-bond acceptors (Lipinski definition) is 8. The summed E-state index contributed by atoms with van der Waals surface area (Å²) in [4.78, 5) is 30.7. The standard InChI is InChI=1S/C22H24N4O5S/c1-20-18(27)26-17(14-3-4-15-16(9-14)31-13-30-15)21(11-23,12-25-5-7-29-8-6-25)10-22(26,32-20)19(28)24(20)2/h3-4,9,17H,5-8,10,12-13H2,1-2H3/t17-,20?,21+,22?/m0/s1. The summed E-state index contributed by atoms with van der Waals surface area (Å²) in [5.74, 6) is 1.02. The molecule has 1 aromatic rings. The molecule has 5 heterocycles. The molecule has 2 amide bonds. The molecule has 5 aliphatic heterocycles. The van der Waals surface area contributed by atoms with Gasteiger partial charge in [-0.1, -0.05) is 17.8 Å². The second kappa shape index (κ2) is 6.53. The number of nitrogens with zero attached hydrogens (tertiary/aromatic N) is 4. The second-order valence-corrected chi connectivity index (χ2v) is 10.9. The smallest absolute Gasteiger partial charge is 0.261 e. The van der Waals surface area contributed by atoms with E-state index in [2.05, 4.69) is 11.0 Å². The Labute approximate surface area is 190 Å². The molecule has 2 unspecified atom stereocenters. The molecule has 4 saturated heterocycles. The van der Waals surface area contributed by atoms with Crippen molar-refractivity contribution in [1.29, 1.82) is 5.26 Å². The quantitative estimate of drug-likeness (QED) is 0.669. The Morgan fingerprint density at radius 3 is 2.69 bits per heavy atom. The van der Waals surface area contributed by atoms with Crippen LogP contribution < -0.4 is 9.47 Å². The largest absolute Gasteiger partial charge is 0.454 e. The van der Waals surface area contributed by atoms with Crippen LogP contribution in [0.3, 0.4) is 0 Å². The Balaban J connectivity index is 1.50. The van der Waals surface area contributed by atoms with Gasteiger partial charge in [0.05, 0.1) is 30.7 Å². The van der Waals surface area contributed by atoms with Gasteiger partial charge in [-0.15, -0.1) is 0 Å². The second-order valence-electron chi connectivity index (χ2n) is 9.26. The van der Waals surface area contributed by atoms with E-state index in [9.17, 15) is 14.9 Å². The molecule has 4 atom stereocenters. The third-order valence-electron chi connectivity index (χ3n) is 7.53. The van der Waals surface area contributed by atoms with Gasteiger partial charge in [-0.05, 0) is 24.6 Å². The first-order chi connectivity index (χ1) is 15.3. The van der Waals surface area contributed by atoms with Crippen LogP contribution in [0.1, 0.15) is 24.9 Å². The van der Waals surface area contributed by atoms with E-state index in [0.717, 1.165) is 18.7 Å². The average Bonchev–Trinajstić information content (AvgIpc) is 3.48. The van der Waals surface area contributed by atoms with Crippen LogP contribution in [0.5, 0.6) is 11.5 Å². The van der Waals surface area contributed by atoms with Gasteiger partial charge in [0.15, 0.2) is 21.2 Å². The number of rotatable bonds is 3. The number of thioether (sulfide) groups is 1. The summed E-state index contributed by atoms with van der Waals surface area (Å²) in [5, 5.41) is 10.6. The van der Waals surface area contributed by atoms with E-state index >= 15 is 0 Å². The van der Waals surface area contributed by atoms with E-state index in [0.29, 0.717) is 37.7 Å². The molecule has 0 aliphatic carbocycles. The van der Waals surface area contributed by atoms with E-state index in [1.165, 1.54) is 11.8 Å². The van der Waals surface area contributed by atoms with Crippen LogP contribution >= 0.6 is 11.8 Å². The van der Waals surface area contributed by atoms with Crippen molar-refractivity contribution < 1.29 is 23.8 Å². The van der Waals surface area contributed by atoms with Crippen LogP contribution in [-0.4, -0.2) is 82.9 Å². The fraction of sp³-hybridized carbons (Fsp3) is 0.591. The monoisotopic (exact) mass is 456 g/mol. The van der Waals surface area contributed by atoms with Crippen LogP contribution in [0.15, 0.2) is 18.2 Å². The lowest BCUT2D eigenvalue weighted by atomic mass is 9.76. The van der Waals surface area contributed by atoms with Gasteiger partial charge >= 0.3 is 0 Å². The number of carbonyl (C=O) groups is 2. The molecular weight excluding hydrogens is 432 g/mol. The van der Waals surface area contributed by atoms with Gasteiger partial charge in [-0.2, -0.15) is 5.26 Å². The fourth-order valence-electron chi connectivity index (χ4n) is 5.91. The first kappa shape index (κ1) is 20.1. The topological polar surface area (TPSA) is 95.3 Å². The highest BCUT2D eigenvalue weighted by molar-refractivity contribution is 8.04. The zero-order valence-corrected chi connectivity index (χ0v) is 18.8. The highest BCUT2D eigenvalue weighted by atomic mass is 32.2. The lowest BCUT2D eigenvalue weighted by molar-refractivity contribution is -0.159. The predicted molar refractivity (Wildman–Crippen MR) is 114 cm³/mol. The summed E-state index contributed by atoms with van der Waals surface area (Å²) in [6.45, 7) is 5.07. The zero-order valence-electron chi connectivity index (χ0n) is 18.0. The minimum Gasteiger partial charge on any atom is -0.454 e. The molecule has 4 fully saturated rings. The van der Waals surface area contributed by atoms with Crippen molar-refractivity contribution in [3.05, 3.63) is 23.8 Å². The van der Waals surface area contributed by atoms with Crippen molar-refractivity contribution in [2.75, 3.05) is 46.7 Å². The van der Waals surface area contributed by atoms with Crippen molar-refractivity contribution in [3.63, 3.8) is 0 Å². The highest BCUT2D eigenvalue weighted by Gasteiger charge is 2.79. The lowest BCUT2D eigenvalue weighted by Gasteiger charge is -2.41. The summed E-state index contributed by atoms with van der Waals surface area (Å²) in [6.07, 6.45) is 0.294. The lowest BCUT2D eigenvalue weighted by Crippen LogP contribution is -2.61. The number of nitriles is 1. The minimum atomic E-state index is -1.07. The molecule has 0 saturated carbocycles. The first-order valence-electron chi connectivity index (χ1n) is 10.8. The van der Waals surface area contributed by atoms with Crippen LogP contribution in [0.2, 0.25) is 0 Å². The molecule has 0 radical (unpaired) electrons. The van der Waals surface area contributed by atoms with Gasteiger partial charge in [0.25, 0.3) is 11.8 Å². The Morgan fingerprint density at radius 2 is 1.94 bits per heavy atom. The van der Waals surface area contributed by atoms with E-state index < -0.39 is 21.2 Å². The molecule has 1 spiro atoms. The maximum Gasteiger partial charge on any atom is 0.261 e. The molecule has 6 rings (SSSR count). The number of piperazine rings is 1. The summed E-state index contributed by atoms with van der Waals surface area (Å²) in [6, 6.07) is 7.59. The molecular formula is C22H24N4O5S. The number of hydrogen-bond donors (Lipinski definition) is 0. The SMILES string of the molecule is CN1C(=O)C23C[C@@](C#N)(CN4CCOCC4)[C@H](c4ccc5c(c4)OCO5)N2C(=O)C1(C)S3. The molecule has 5 aliphatic rings. The first-order valence-corrected chi connectivity index (χ1v) is 11.6. The van der Waals surface area contributed by atoms with Crippen molar-refractivity contribution >= 4 is 23.6 Å². The van der Waals surface area contributed by atoms with Gasteiger partial charge in [0.1, 0.15) is 0 Å². The molecule has 1 aromatic carbocycles. The average molecular weight is 457 g/mol. The normalized spacial score (nSPS) is 37.8. The minimum absolute atomic E-state index is 0.102. The van der Waals surface area contributed by atoms with Crippen molar-refractivity contribution in [2.45, 2.75) is 29.1 Å². The number of benzene rings is 1. The molecule has 0 N–H and O–H groups in total. The maximum absolute atomic E-state index is 13.7. The third-order valence-corrected chi connectivity index (χ3v) is 9.23. The Kier molecular flexibility index (Phi) is 4.11. The summed E-state index contributed by atoms with van der Waals surface area (Å²) in [7, 11) is 1.68. The fourth-order valence-corrected chi connectivity index (χ4v) is 7.81. The van der Waals surface area contributed by atoms with Crippen LogP contribution in [0.4, 0.5) is 0 Å². The van der Waals surface area contributed by atoms with E-state index in [4.69, 9.17) is 14.2 Å². The van der Waals surface area contributed by atoms with Crippen molar-refractivity contribution in [1.82, 2.24) is 14.7 Å². The van der Waals surface area contributed by atoms with Gasteiger partial charge in [0.2, 0.25) is 6.79 Å². The number of morpholine rings is 1. The van der Waals surface area contributed by atoms with Gasteiger partial charge in [0, 0.05) is 33.1 Å². The number of carbonyl (C=O) groups excluding carboxylic acids is 2. The number of likely N-dealkylation sites (N-methyl/N-ethyl adjacent to an activating group) is 1. The Morgan fingerprint density at radius 1 is 1.19 bits per heavy atom. The predicted octanol–water partition coefficient (Wildman–Crippen LogP) is 1.16. The number of ether oxygens (including phenoxy) is 3. The molecule has 32 heavy (non-hydrogen) atoms. The highest BCUT2D eigenvalue weighted by Crippen LogP contribution is 2.69. The van der Waals surface area contributed by atoms with Crippen LogP contribution in [-0.2, 0) is 14.3 Å². The molecule has 9 nitrogen and oxygen atoms in total. The van der Waals surface area contributed by atoms with Crippen LogP contribution in [0, 0.1) is 16.7 Å². The van der Waals surface area contributed by atoms with Gasteiger partial charge in [-0.3, -0.25) is 14.5 Å². The molecule has 168 valence electrons.